The Labute approximate surface area is 117 Å². The molecule has 1 aromatic heterocycles. The summed E-state index contributed by atoms with van der Waals surface area (Å²) in [6.07, 6.45) is 2.86. The zero-order valence-electron chi connectivity index (χ0n) is 11.3. The van der Waals surface area contributed by atoms with E-state index >= 15 is 0 Å². The number of carbonyl (C=O) groups excluding carboxylic acids is 1. The third-order valence-corrected chi connectivity index (χ3v) is 2.37. The highest BCUT2D eigenvalue weighted by molar-refractivity contribution is 6.02. The number of rotatable bonds is 4. The Hall–Kier alpha value is -2.63. The van der Waals surface area contributed by atoms with Gasteiger partial charge in [0.25, 0.3) is 5.91 Å². The maximum atomic E-state index is 11.9. The molecule has 0 saturated carbocycles. The molecule has 0 aliphatic carbocycles. The average molecular weight is 272 g/mol. The number of nitrogens with one attached hydrogen (secondary N) is 1. The van der Waals surface area contributed by atoms with E-state index in [1.807, 2.05) is 13.8 Å². The molecule has 0 unspecified atom stereocenters. The number of hydrogen-bond donors (Lipinski definition) is 2. The minimum absolute atomic E-state index is 0.109. The number of nitrogen functional groups attached to an aromatic ring is 1. The van der Waals surface area contributed by atoms with E-state index in [9.17, 15) is 4.79 Å². The normalized spacial score (nSPS) is 10.3. The first kappa shape index (κ1) is 13.8. The van der Waals surface area contributed by atoms with Gasteiger partial charge in [-0.3, -0.25) is 9.78 Å². The largest absolute Gasteiger partial charge is 0.491 e. The Balaban J connectivity index is 2.04. The first-order valence-corrected chi connectivity index (χ1v) is 6.20. The monoisotopic (exact) mass is 272 g/mol. The zero-order valence-corrected chi connectivity index (χ0v) is 11.3. The predicted octanol–water partition coefficient (Wildman–Crippen LogP) is 2.10. The van der Waals surface area contributed by atoms with Crippen LogP contribution < -0.4 is 15.8 Å². The Kier molecular flexibility index (Phi) is 4.14. The van der Waals surface area contributed by atoms with Gasteiger partial charge < -0.3 is 15.8 Å². The second-order valence-electron chi connectivity index (χ2n) is 4.47. The summed E-state index contributed by atoms with van der Waals surface area (Å²) < 4.78 is 5.52. The number of benzene rings is 1. The van der Waals surface area contributed by atoms with Crippen LogP contribution in [0.3, 0.4) is 0 Å². The van der Waals surface area contributed by atoms with Crippen molar-refractivity contribution in [1.82, 2.24) is 9.97 Å². The Morgan fingerprint density at radius 2 is 1.95 bits per heavy atom. The highest BCUT2D eigenvalue weighted by Crippen LogP contribution is 2.17. The molecule has 104 valence electrons. The van der Waals surface area contributed by atoms with E-state index < -0.39 is 0 Å². The Morgan fingerprint density at radius 1 is 1.25 bits per heavy atom. The molecule has 2 aromatic rings. The summed E-state index contributed by atoms with van der Waals surface area (Å²) in [6.45, 7) is 3.91. The van der Waals surface area contributed by atoms with Crippen LogP contribution in [0.5, 0.6) is 5.75 Å². The van der Waals surface area contributed by atoms with Gasteiger partial charge in [0.2, 0.25) is 0 Å². The van der Waals surface area contributed by atoms with Crippen LogP contribution in [0.4, 0.5) is 11.5 Å². The van der Waals surface area contributed by atoms with Crippen LogP contribution in [-0.2, 0) is 0 Å². The summed E-state index contributed by atoms with van der Waals surface area (Å²) in [4.78, 5) is 19.7. The molecule has 0 aliphatic rings. The number of carbonyl (C=O) groups is 1. The molecule has 6 nitrogen and oxygen atoms in total. The molecule has 6 heteroatoms. The van der Waals surface area contributed by atoms with Crippen LogP contribution in [0.1, 0.15) is 24.3 Å². The minimum atomic E-state index is -0.359. The van der Waals surface area contributed by atoms with Crippen molar-refractivity contribution in [3.05, 3.63) is 42.4 Å². The number of anilines is 2. The van der Waals surface area contributed by atoms with Crippen LogP contribution in [0.25, 0.3) is 0 Å². The molecule has 0 bridgehead atoms. The molecule has 0 saturated heterocycles. The van der Waals surface area contributed by atoms with Gasteiger partial charge in [-0.2, -0.15) is 0 Å². The molecule has 20 heavy (non-hydrogen) atoms. The second kappa shape index (κ2) is 6.01. The van der Waals surface area contributed by atoms with Gasteiger partial charge in [-0.15, -0.1) is 0 Å². The molecule has 0 aliphatic heterocycles. The third kappa shape index (κ3) is 3.68. The Bertz CT molecular complexity index is 596. The fraction of sp³-hybridized carbons (Fsp3) is 0.214. The maximum Gasteiger partial charge on any atom is 0.275 e. The molecule has 1 aromatic carbocycles. The average Bonchev–Trinajstić information content (AvgIpc) is 2.40. The van der Waals surface area contributed by atoms with Gasteiger partial charge in [0, 0.05) is 5.69 Å². The van der Waals surface area contributed by atoms with E-state index in [4.69, 9.17) is 10.5 Å². The molecular formula is C14H16N4O2. The van der Waals surface area contributed by atoms with Gasteiger partial charge in [0.05, 0.1) is 18.5 Å². The lowest BCUT2D eigenvalue weighted by Crippen LogP contribution is -2.14. The van der Waals surface area contributed by atoms with Crippen molar-refractivity contribution >= 4 is 17.4 Å². The van der Waals surface area contributed by atoms with E-state index in [1.54, 1.807) is 24.3 Å². The molecular weight excluding hydrogens is 256 g/mol. The van der Waals surface area contributed by atoms with Gasteiger partial charge >= 0.3 is 0 Å². The molecule has 0 radical (unpaired) electrons. The van der Waals surface area contributed by atoms with Gasteiger partial charge in [-0.05, 0) is 38.1 Å². The van der Waals surface area contributed by atoms with Crippen LogP contribution in [-0.4, -0.2) is 22.0 Å². The summed E-state index contributed by atoms with van der Waals surface area (Å²) in [5.41, 5.74) is 6.31. The number of aromatic nitrogens is 2. The number of hydrogen-bond acceptors (Lipinski definition) is 5. The SMILES string of the molecule is CC(C)Oc1ccc(NC(=O)c2cncc(N)n2)cc1. The summed E-state index contributed by atoms with van der Waals surface area (Å²) in [5.74, 6) is 0.599. The van der Waals surface area contributed by atoms with Crippen molar-refractivity contribution in [2.45, 2.75) is 20.0 Å². The smallest absolute Gasteiger partial charge is 0.275 e. The molecule has 0 fully saturated rings. The van der Waals surface area contributed by atoms with Crippen molar-refractivity contribution in [1.29, 1.82) is 0 Å². The first-order chi connectivity index (χ1) is 9.54. The lowest BCUT2D eigenvalue weighted by molar-refractivity contribution is 0.102. The van der Waals surface area contributed by atoms with Crippen molar-refractivity contribution in [3.63, 3.8) is 0 Å². The molecule has 0 atom stereocenters. The molecule has 2 rings (SSSR count). The number of amides is 1. The molecule has 0 spiro atoms. The number of ether oxygens (including phenoxy) is 1. The fourth-order valence-corrected chi connectivity index (χ4v) is 1.57. The summed E-state index contributed by atoms with van der Waals surface area (Å²) in [7, 11) is 0. The lowest BCUT2D eigenvalue weighted by Gasteiger charge is -2.10. The molecule has 1 amide bonds. The highest BCUT2D eigenvalue weighted by Gasteiger charge is 2.08. The highest BCUT2D eigenvalue weighted by atomic mass is 16.5. The fourth-order valence-electron chi connectivity index (χ4n) is 1.57. The van der Waals surface area contributed by atoms with Gasteiger partial charge in [-0.1, -0.05) is 0 Å². The minimum Gasteiger partial charge on any atom is -0.491 e. The van der Waals surface area contributed by atoms with E-state index in [-0.39, 0.29) is 23.5 Å². The summed E-state index contributed by atoms with van der Waals surface area (Å²) in [6, 6.07) is 7.10. The third-order valence-electron chi connectivity index (χ3n) is 2.37. The first-order valence-electron chi connectivity index (χ1n) is 6.20. The van der Waals surface area contributed by atoms with Gasteiger partial charge in [-0.25, -0.2) is 4.98 Å². The van der Waals surface area contributed by atoms with E-state index in [0.717, 1.165) is 5.75 Å². The Morgan fingerprint density at radius 3 is 2.55 bits per heavy atom. The van der Waals surface area contributed by atoms with E-state index in [0.29, 0.717) is 5.69 Å². The van der Waals surface area contributed by atoms with Crippen LogP contribution in [0.2, 0.25) is 0 Å². The zero-order chi connectivity index (χ0) is 14.5. The van der Waals surface area contributed by atoms with Gasteiger partial charge in [0.15, 0.2) is 0 Å². The standard InChI is InChI=1S/C14H16N4O2/c1-9(2)20-11-5-3-10(4-6-11)17-14(19)12-7-16-8-13(15)18-12/h3-9H,1-2H3,(H2,15,18)(H,17,19). The van der Waals surface area contributed by atoms with Crippen molar-refractivity contribution in [2.24, 2.45) is 0 Å². The van der Waals surface area contributed by atoms with E-state index in [2.05, 4.69) is 15.3 Å². The topological polar surface area (TPSA) is 90.1 Å². The number of nitrogens with two attached hydrogens (primary N) is 1. The van der Waals surface area contributed by atoms with Gasteiger partial charge in [0.1, 0.15) is 17.3 Å². The van der Waals surface area contributed by atoms with Crippen molar-refractivity contribution in [2.75, 3.05) is 11.1 Å². The molecule has 1 heterocycles. The number of nitrogens with zero attached hydrogens (tertiary/aromatic N) is 2. The summed E-state index contributed by atoms with van der Waals surface area (Å²) in [5, 5.41) is 2.71. The summed E-state index contributed by atoms with van der Waals surface area (Å²) >= 11 is 0. The van der Waals surface area contributed by atoms with Crippen molar-refractivity contribution in [3.8, 4) is 5.75 Å². The maximum absolute atomic E-state index is 11.9. The molecule has 3 N–H and O–H groups in total. The lowest BCUT2D eigenvalue weighted by atomic mass is 10.3. The van der Waals surface area contributed by atoms with Crippen LogP contribution >= 0.6 is 0 Å². The van der Waals surface area contributed by atoms with E-state index in [1.165, 1.54) is 12.4 Å². The predicted molar refractivity (Wildman–Crippen MR) is 76.6 cm³/mol. The quantitative estimate of drug-likeness (QED) is 0.889. The van der Waals surface area contributed by atoms with Crippen molar-refractivity contribution < 1.29 is 9.53 Å². The second-order valence-corrected chi connectivity index (χ2v) is 4.47. The van der Waals surface area contributed by atoms with Crippen LogP contribution in [0, 0.1) is 0 Å². The van der Waals surface area contributed by atoms with Crippen LogP contribution in [0.15, 0.2) is 36.7 Å².